The zero-order chi connectivity index (χ0) is 24.2. The van der Waals surface area contributed by atoms with Crippen molar-refractivity contribution in [2.24, 2.45) is 0 Å². The second-order valence-corrected chi connectivity index (χ2v) is 9.06. The molecule has 1 fully saturated rings. The van der Waals surface area contributed by atoms with E-state index in [9.17, 15) is 4.79 Å². The van der Waals surface area contributed by atoms with Crippen LogP contribution in [0.25, 0.3) is 5.69 Å². The maximum atomic E-state index is 12.8. The number of anilines is 1. The second kappa shape index (κ2) is 10.1. The summed E-state index contributed by atoms with van der Waals surface area (Å²) in [6.07, 6.45) is 6.31. The Morgan fingerprint density at radius 1 is 1.06 bits per heavy atom. The van der Waals surface area contributed by atoms with Gasteiger partial charge in [-0.1, -0.05) is 36.4 Å². The first-order valence-corrected chi connectivity index (χ1v) is 12.1. The number of para-hydroxylation sites is 1. The summed E-state index contributed by atoms with van der Waals surface area (Å²) in [7, 11) is 0. The van der Waals surface area contributed by atoms with Crippen molar-refractivity contribution in [2.75, 3.05) is 11.9 Å². The van der Waals surface area contributed by atoms with Gasteiger partial charge in [0.05, 0.1) is 17.8 Å². The van der Waals surface area contributed by atoms with Gasteiger partial charge in [0, 0.05) is 42.9 Å². The van der Waals surface area contributed by atoms with Crippen LogP contribution in [0.15, 0.2) is 97.5 Å². The zero-order valence-corrected chi connectivity index (χ0v) is 20.3. The minimum Gasteiger partial charge on any atom is -0.352 e. The summed E-state index contributed by atoms with van der Waals surface area (Å²) in [6.45, 7) is 2.50. The van der Waals surface area contributed by atoms with Crippen LogP contribution >= 0.6 is 12.2 Å². The van der Waals surface area contributed by atoms with Crippen LogP contribution in [-0.2, 0) is 4.79 Å². The van der Waals surface area contributed by atoms with Crippen LogP contribution in [0, 0.1) is 6.92 Å². The molecule has 0 radical (unpaired) electrons. The molecule has 176 valence electrons. The number of amides is 1. The lowest BCUT2D eigenvalue weighted by molar-refractivity contribution is -0.116. The van der Waals surface area contributed by atoms with Crippen molar-refractivity contribution in [1.29, 1.82) is 0 Å². The van der Waals surface area contributed by atoms with Gasteiger partial charge in [0.25, 0.3) is 0 Å². The summed E-state index contributed by atoms with van der Waals surface area (Å²) in [5.41, 5.74) is 5.02. The van der Waals surface area contributed by atoms with Crippen LogP contribution in [0.2, 0.25) is 0 Å². The van der Waals surface area contributed by atoms with E-state index in [1.165, 1.54) is 0 Å². The SMILES string of the molecule is Cc1cccc(NC(=O)CCN2C(=S)N[C@H](c3ccccn3)[C@@H]2c2ccn(-c3ccccc3)c2)c1. The van der Waals surface area contributed by atoms with Gasteiger partial charge in [0.15, 0.2) is 5.11 Å². The first kappa shape index (κ1) is 22.8. The first-order chi connectivity index (χ1) is 17.1. The number of rotatable bonds is 7. The number of benzene rings is 2. The number of aryl methyl sites for hydroxylation is 1. The predicted octanol–water partition coefficient (Wildman–Crippen LogP) is 5.18. The Morgan fingerprint density at radius 2 is 1.89 bits per heavy atom. The lowest BCUT2D eigenvalue weighted by Crippen LogP contribution is -2.32. The molecule has 1 aliphatic rings. The average Bonchev–Trinajstić information content (AvgIpc) is 3.48. The molecule has 1 saturated heterocycles. The van der Waals surface area contributed by atoms with Crippen LogP contribution in [0.3, 0.4) is 0 Å². The van der Waals surface area contributed by atoms with E-state index >= 15 is 0 Å². The Bertz CT molecular complexity index is 1320. The number of aromatic nitrogens is 2. The van der Waals surface area contributed by atoms with Gasteiger partial charge in [-0.15, -0.1) is 0 Å². The van der Waals surface area contributed by atoms with E-state index in [1.807, 2.05) is 67.6 Å². The molecule has 2 N–H and O–H groups in total. The molecule has 1 aliphatic heterocycles. The molecule has 2 atom stereocenters. The van der Waals surface area contributed by atoms with Crippen molar-refractivity contribution in [3.8, 4) is 5.69 Å². The monoisotopic (exact) mass is 481 g/mol. The number of thiocarbonyl (C=S) groups is 1. The van der Waals surface area contributed by atoms with Crippen LogP contribution in [0.5, 0.6) is 0 Å². The highest BCUT2D eigenvalue weighted by molar-refractivity contribution is 7.80. The molecule has 0 aliphatic carbocycles. The highest BCUT2D eigenvalue weighted by atomic mass is 32.1. The van der Waals surface area contributed by atoms with E-state index in [-0.39, 0.29) is 18.0 Å². The molecule has 2 aromatic carbocycles. The van der Waals surface area contributed by atoms with Crippen LogP contribution in [0.1, 0.15) is 35.3 Å². The van der Waals surface area contributed by atoms with E-state index in [0.717, 1.165) is 28.2 Å². The summed E-state index contributed by atoms with van der Waals surface area (Å²) < 4.78 is 2.11. The van der Waals surface area contributed by atoms with Crippen molar-refractivity contribution >= 4 is 28.9 Å². The zero-order valence-electron chi connectivity index (χ0n) is 19.5. The first-order valence-electron chi connectivity index (χ1n) is 11.7. The van der Waals surface area contributed by atoms with Crippen molar-refractivity contribution in [1.82, 2.24) is 19.8 Å². The fourth-order valence-corrected chi connectivity index (χ4v) is 4.86. The summed E-state index contributed by atoms with van der Waals surface area (Å²) in [6, 6.07) is 25.8. The van der Waals surface area contributed by atoms with Gasteiger partial charge in [0.2, 0.25) is 5.91 Å². The molecule has 35 heavy (non-hydrogen) atoms. The number of hydrogen-bond donors (Lipinski definition) is 2. The summed E-state index contributed by atoms with van der Waals surface area (Å²) in [5, 5.41) is 7.08. The molecule has 0 unspecified atom stereocenters. The van der Waals surface area contributed by atoms with Gasteiger partial charge in [-0.3, -0.25) is 9.78 Å². The molecule has 7 heteroatoms. The average molecular weight is 482 g/mol. The standard InChI is InChI=1S/C28H27N5OS/c1-20-8-7-9-22(18-20)30-25(34)14-17-33-27(26(31-28(33)35)24-12-5-6-15-29-24)21-13-16-32(19-21)23-10-3-2-4-11-23/h2-13,15-16,18-19,26-27H,14,17H2,1H3,(H,30,34)(H,31,35)/t26-,27+/m1/s1. The van der Waals surface area contributed by atoms with E-state index in [0.29, 0.717) is 18.1 Å². The van der Waals surface area contributed by atoms with Crippen LogP contribution in [-0.4, -0.2) is 32.0 Å². The molecule has 3 heterocycles. The third kappa shape index (κ3) is 5.10. The van der Waals surface area contributed by atoms with Gasteiger partial charge in [-0.05, 0) is 72.7 Å². The summed E-state index contributed by atoms with van der Waals surface area (Å²) in [4.78, 5) is 19.5. The fraction of sp³-hybridized carbons (Fsp3) is 0.179. The van der Waals surface area contributed by atoms with Crippen LogP contribution in [0.4, 0.5) is 5.69 Å². The smallest absolute Gasteiger partial charge is 0.226 e. The number of nitrogens with one attached hydrogen (secondary N) is 2. The number of nitrogens with zero attached hydrogens (tertiary/aromatic N) is 3. The van der Waals surface area contributed by atoms with E-state index in [4.69, 9.17) is 12.2 Å². The second-order valence-electron chi connectivity index (χ2n) is 8.68. The van der Waals surface area contributed by atoms with Gasteiger partial charge in [-0.25, -0.2) is 0 Å². The topological polar surface area (TPSA) is 62.2 Å². The molecule has 0 spiro atoms. The Labute approximate surface area is 210 Å². The molecule has 0 saturated carbocycles. The van der Waals surface area contributed by atoms with Crippen molar-refractivity contribution < 1.29 is 4.79 Å². The Morgan fingerprint density at radius 3 is 2.66 bits per heavy atom. The van der Waals surface area contributed by atoms with Gasteiger partial charge < -0.3 is 20.1 Å². The van der Waals surface area contributed by atoms with E-state index in [2.05, 4.69) is 55.7 Å². The minimum absolute atomic E-state index is 0.0414. The van der Waals surface area contributed by atoms with Crippen LogP contribution < -0.4 is 10.6 Å². The van der Waals surface area contributed by atoms with Gasteiger partial charge >= 0.3 is 0 Å². The van der Waals surface area contributed by atoms with E-state index < -0.39 is 0 Å². The predicted molar refractivity (Wildman–Crippen MR) is 142 cm³/mol. The van der Waals surface area contributed by atoms with Gasteiger partial charge in [-0.2, -0.15) is 0 Å². The molecule has 2 aromatic heterocycles. The molecular weight excluding hydrogens is 454 g/mol. The normalized spacial score (nSPS) is 17.3. The minimum atomic E-state index is -0.116. The largest absolute Gasteiger partial charge is 0.352 e. The molecule has 5 rings (SSSR count). The number of carbonyl (C=O) groups is 1. The Kier molecular flexibility index (Phi) is 6.59. The van der Waals surface area contributed by atoms with Crippen molar-refractivity contribution in [2.45, 2.75) is 25.4 Å². The highest BCUT2D eigenvalue weighted by Gasteiger charge is 2.40. The number of hydrogen-bond acceptors (Lipinski definition) is 3. The van der Waals surface area contributed by atoms with Gasteiger partial charge in [0.1, 0.15) is 0 Å². The van der Waals surface area contributed by atoms with Crippen molar-refractivity contribution in [3.63, 3.8) is 0 Å². The lowest BCUT2D eigenvalue weighted by Gasteiger charge is -2.27. The number of carbonyl (C=O) groups excluding carboxylic acids is 1. The maximum absolute atomic E-state index is 12.8. The molecule has 4 aromatic rings. The summed E-state index contributed by atoms with van der Waals surface area (Å²) in [5.74, 6) is -0.0414. The maximum Gasteiger partial charge on any atom is 0.226 e. The Hall–Kier alpha value is -3.97. The molecule has 6 nitrogen and oxygen atoms in total. The number of pyridine rings is 1. The highest BCUT2D eigenvalue weighted by Crippen LogP contribution is 2.39. The van der Waals surface area contributed by atoms with Crippen molar-refractivity contribution in [3.05, 3.63) is 114 Å². The molecular formula is C28H27N5OS. The quantitative estimate of drug-likeness (QED) is 0.356. The fourth-order valence-electron chi connectivity index (χ4n) is 4.53. The summed E-state index contributed by atoms with van der Waals surface area (Å²) >= 11 is 5.74. The third-order valence-corrected chi connectivity index (χ3v) is 6.54. The molecule has 0 bridgehead atoms. The molecule has 1 amide bonds. The third-order valence-electron chi connectivity index (χ3n) is 6.19. The lowest BCUT2D eigenvalue weighted by atomic mass is 9.99. The van der Waals surface area contributed by atoms with E-state index in [1.54, 1.807) is 6.20 Å². The Balaban J connectivity index is 1.39.